The summed E-state index contributed by atoms with van der Waals surface area (Å²) in [5.74, 6) is 0.286. The summed E-state index contributed by atoms with van der Waals surface area (Å²) in [6, 6.07) is -0.700. The van der Waals surface area contributed by atoms with Crippen molar-refractivity contribution in [2.45, 2.75) is 89.2 Å². The molecule has 1 N–H and O–H groups in total. The third-order valence-electron chi connectivity index (χ3n) is 6.63. The molecule has 0 spiro atoms. The first kappa shape index (κ1) is 24.5. The van der Waals surface area contributed by atoms with Gasteiger partial charge in [0.15, 0.2) is 5.69 Å². The van der Waals surface area contributed by atoms with Crippen LogP contribution in [0.3, 0.4) is 0 Å². The van der Waals surface area contributed by atoms with Crippen LogP contribution in [0.25, 0.3) is 5.52 Å². The van der Waals surface area contributed by atoms with E-state index in [9.17, 15) is 22.4 Å². The smallest absolute Gasteiger partial charge is 0.435 e. The highest BCUT2D eigenvalue weighted by atomic mass is 19.4. The number of fused-ring (bicyclic) bond motifs is 1. The van der Waals surface area contributed by atoms with Crippen LogP contribution in [0, 0.1) is 0 Å². The summed E-state index contributed by atoms with van der Waals surface area (Å²) in [7, 11) is 0. The summed E-state index contributed by atoms with van der Waals surface area (Å²) >= 11 is 0. The number of carbonyl (C=O) groups excluding carboxylic acids is 1. The number of nitrogens with one attached hydrogen (secondary N) is 1. The van der Waals surface area contributed by atoms with E-state index >= 15 is 0 Å². The molecule has 1 saturated carbocycles. The Morgan fingerprint density at radius 2 is 2.00 bits per heavy atom. The Morgan fingerprint density at radius 3 is 2.53 bits per heavy atom. The number of anilines is 1. The van der Waals surface area contributed by atoms with Gasteiger partial charge in [-0.15, -0.1) is 5.10 Å². The van der Waals surface area contributed by atoms with E-state index in [1.54, 1.807) is 20.8 Å². The highest BCUT2D eigenvalue weighted by molar-refractivity contribution is 5.68. The van der Waals surface area contributed by atoms with Crippen LogP contribution in [0.2, 0.25) is 0 Å². The molecule has 3 heterocycles. The largest absolute Gasteiger partial charge is 0.444 e. The molecule has 1 aliphatic heterocycles. The molecule has 1 amide bonds. The highest BCUT2D eigenvalue weighted by Crippen LogP contribution is 2.47. The third-order valence-corrected chi connectivity index (χ3v) is 6.63. The van der Waals surface area contributed by atoms with Crippen LogP contribution in [0.15, 0.2) is 6.20 Å². The zero-order valence-corrected chi connectivity index (χ0v) is 19.7. The van der Waals surface area contributed by atoms with Crippen molar-refractivity contribution in [1.82, 2.24) is 24.5 Å². The molecule has 0 radical (unpaired) electrons. The number of imidazole rings is 1. The van der Waals surface area contributed by atoms with Gasteiger partial charge < -0.3 is 15.0 Å². The molecule has 34 heavy (non-hydrogen) atoms. The van der Waals surface area contributed by atoms with Crippen molar-refractivity contribution in [3.8, 4) is 0 Å². The predicted molar refractivity (Wildman–Crippen MR) is 116 cm³/mol. The highest BCUT2D eigenvalue weighted by Gasteiger charge is 2.45. The fraction of sp³-hybridized carbons (Fsp3) is 0.727. The van der Waals surface area contributed by atoms with Gasteiger partial charge in [0.05, 0.1) is 18.8 Å². The third kappa shape index (κ3) is 4.63. The molecular formula is C22H30F4N6O2. The second kappa shape index (κ2) is 8.53. The van der Waals surface area contributed by atoms with Crippen LogP contribution in [-0.4, -0.2) is 61.5 Å². The van der Waals surface area contributed by atoms with Crippen molar-refractivity contribution in [3.05, 3.63) is 17.7 Å². The van der Waals surface area contributed by atoms with Crippen LogP contribution < -0.4 is 5.32 Å². The Kier molecular flexibility index (Phi) is 6.14. The van der Waals surface area contributed by atoms with Crippen molar-refractivity contribution in [2.24, 2.45) is 0 Å². The molecule has 2 aliphatic rings. The van der Waals surface area contributed by atoms with Crippen LogP contribution >= 0.6 is 0 Å². The van der Waals surface area contributed by atoms with Gasteiger partial charge in [-0.2, -0.15) is 13.2 Å². The van der Waals surface area contributed by atoms with Crippen LogP contribution in [-0.2, 0) is 16.3 Å². The zero-order valence-electron chi connectivity index (χ0n) is 19.7. The molecule has 4 rings (SSSR count). The predicted octanol–water partition coefficient (Wildman–Crippen LogP) is 4.73. The van der Waals surface area contributed by atoms with Crippen LogP contribution in [0.1, 0.15) is 71.3 Å². The van der Waals surface area contributed by atoms with Gasteiger partial charge in [-0.05, 0) is 46.5 Å². The monoisotopic (exact) mass is 486 g/mol. The first-order valence-corrected chi connectivity index (χ1v) is 11.5. The van der Waals surface area contributed by atoms with E-state index in [-0.39, 0.29) is 36.8 Å². The van der Waals surface area contributed by atoms with Gasteiger partial charge >= 0.3 is 12.3 Å². The van der Waals surface area contributed by atoms with E-state index in [4.69, 9.17) is 4.74 Å². The summed E-state index contributed by atoms with van der Waals surface area (Å²) in [5.41, 5.74) is -2.37. The molecule has 8 nitrogen and oxygen atoms in total. The summed E-state index contributed by atoms with van der Waals surface area (Å²) in [5, 5.41) is 7.20. The fourth-order valence-corrected chi connectivity index (χ4v) is 4.57. The first-order chi connectivity index (χ1) is 15.8. The topological polar surface area (TPSA) is 84.7 Å². The average molecular weight is 487 g/mol. The molecular weight excluding hydrogens is 456 g/mol. The minimum Gasteiger partial charge on any atom is -0.444 e. The quantitative estimate of drug-likeness (QED) is 0.629. The van der Waals surface area contributed by atoms with Gasteiger partial charge in [0.2, 0.25) is 5.95 Å². The second-order valence-electron chi connectivity index (χ2n) is 10.1. The van der Waals surface area contributed by atoms with E-state index in [0.717, 1.165) is 25.5 Å². The maximum Gasteiger partial charge on any atom is 0.435 e. The number of carbonyl (C=O) groups is 1. The lowest BCUT2D eigenvalue weighted by atomic mass is 9.66. The Bertz CT molecular complexity index is 1050. The number of halogens is 4. The van der Waals surface area contributed by atoms with Gasteiger partial charge in [-0.1, -0.05) is 13.3 Å². The van der Waals surface area contributed by atoms with Gasteiger partial charge in [-0.3, -0.25) is 0 Å². The molecule has 2 fully saturated rings. The van der Waals surface area contributed by atoms with Gasteiger partial charge in [0.25, 0.3) is 0 Å². The molecule has 2 atom stereocenters. The van der Waals surface area contributed by atoms with Crippen LogP contribution in [0.5, 0.6) is 0 Å². The number of rotatable bonds is 4. The number of ether oxygens (including phenoxy) is 1. The number of likely N-dealkylation sites (tertiary alicyclic amines) is 1. The fourth-order valence-electron chi connectivity index (χ4n) is 4.57. The van der Waals surface area contributed by atoms with Crippen LogP contribution in [0.4, 0.5) is 28.3 Å². The maximum absolute atomic E-state index is 14.9. The molecule has 188 valence electrons. The normalized spacial score (nSPS) is 23.0. The van der Waals surface area contributed by atoms with Crippen molar-refractivity contribution < 1.29 is 27.1 Å². The van der Waals surface area contributed by atoms with Gasteiger partial charge in [-0.25, -0.2) is 23.7 Å². The Balaban J connectivity index is 1.56. The summed E-state index contributed by atoms with van der Waals surface area (Å²) in [6.45, 7) is 7.24. The minimum absolute atomic E-state index is 0.0174. The second-order valence-corrected chi connectivity index (χ2v) is 10.1. The molecule has 12 heteroatoms. The number of piperidine rings is 1. The van der Waals surface area contributed by atoms with Gasteiger partial charge in [0.1, 0.15) is 23.1 Å². The lowest BCUT2D eigenvalue weighted by Crippen LogP contribution is -2.51. The molecule has 0 bridgehead atoms. The summed E-state index contributed by atoms with van der Waals surface area (Å²) in [6.07, 6.45) is -2.26. The van der Waals surface area contributed by atoms with E-state index in [1.807, 2.05) is 6.92 Å². The summed E-state index contributed by atoms with van der Waals surface area (Å²) < 4.78 is 62.3. The SMILES string of the molecule is CCC1(c2nc(C(F)(F)F)c3cnc(N[C@@H]4CCN(C(=O)OC(C)(C)C)C[C@H]4F)nn23)CCC1. The lowest BCUT2D eigenvalue weighted by Gasteiger charge is -2.39. The molecule has 2 aromatic heterocycles. The Labute approximate surface area is 195 Å². The number of amides is 1. The minimum atomic E-state index is -4.64. The molecule has 0 unspecified atom stereocenters. The van der Waals surface area contributed by atoms with Crippen molar-refractivity contribution in [2.75, 3.05) is 18.4 Å². The van der Waals surface area contributed by atoms with E-state index in [2.05, 4.69) is 20.4 Å². The molecule has 0 aromatic carbocycles. The van der Waals surface area contributed by atoms with Crippen molar-refractivity contribution >= 4 is 17.6 Å². The average Bonchev–Trinajstić information content (AvgIpc) is 3.07. The van der Waals surface area contributed by atoms with Gasteiger partial charge in [0, 0.05) is 12.0 Å². The van der Waals surface area contributed by atoms with E-state index < -0.39 is 41.2 Å². The number of hydrogen-bond donors (Lipinski definition) is 1. The maximum atomic E-state index is 14.9. The Morgan fingerprint density at radius 1 is 1.29 bits per heavy atom. The van der Waals surface area contributed by atoms with Crippen molar-refractivity contribution in [3.63, 3.8) is 0 Å². The first-order valence-electron chi connectivity index (χ1n) is 11.5. The van der Waals surface area contributed by atoms with E-state index in [1.165, 1.54) is 9.42 Å². The number of nitrogens with zero attached hydrogens (tertiary/aromatic N) is 5. The molecule has 2 aromatic rings. The lowest BCUT2D eigenvalue weighted by molar-refractivity contribution is -0.139. The van der Waals surface area contributed by atoms with E-state index in [0.29, 0.717) is 6.42 Å². The zero-order chi connectivity index (χ0) is 24.9. The standard InChI is InChI=1S/C22H30F4N6O2/c1-5-21(8-6-9-21)17-29-16(22(24,25)26)15-11-27-18(30-32(15)17)28-14-7-10-31(12-13(14)23)19(33)34-20(2,3)4/h11,13-14H,5-10,12H2,1-4H3,(H,28,30)/t13-,14-/m1/s1. The number of hydrogen-bond acceptors (Lipinski definition) is 6. The summed E-state index contributed by atoms with van der Waals surface area (Å²) in [4.78, 5) is 21.5. The van der Waals surface area contributed by atoms with Crippen molar-refractivity contribution in [1.29, 1.82) is 0 Å². The number of alkyl halides is 4. The Hall–Kier alpha value is -2.66. The molecule has 1 aliphatic carbocycles. The number of aromatic nitrogens is 4. The molecule has 1 saturated heterocycles.